The van der Waals surface area contributed by atoms with Crippen molar-refractivity contribution in [1.82, 2.24) is 9.13 Å². The van der Waals surface area contributed by atoms with E-state index >= 15 is 0 Å². The molecular weight excluding hydrogens is 512 g/mol. The molecule has 0 unspecified atom stereocenters. The van der Waals surface area contributed by atoms with Crippen LogP contribution in [0.5, 0.6) is 0 Å². The zero-order valence-electron chi connectivity index (χ0n) is 19.7. The molecule has 2 aromatic carbocycles. The third-order valence-electron chi connectivity index (χ3n) is 4.64. The number of benzene rings is 2. The fourth-order valence-electron chi connectivity index (χ4n) is 3.00. The summed E-state index contributed by atoms with van der Waals surface area (Å²) >= 11 is 0. The summed E-state index contributed by atoms with van der Waals surface area (Å²) in [5.74, 6) is -2.55. The van der Waals surface area contributed by atoms with Gasteiger partial charge in [-0.25, -0.2) is 41.9 Å². The Morgan fingerprint density at radius 2 is 0.973 bits per heavy atom. The number of aromatic nitrogens is 2. The quantitative estimate of drug-likeness (QED) is 0.142. The first kappa shape index (κ1) is 29.6. The molecule has 0 bridgehead atoms. The van der Waals surface area contributed by atoms with Crippen LogP contribution in [0.2, 0.25) is 0 Å². The van der Waals surface area contributed by atoms with Gasteiger partial charge in [-0.2, -0.15) is 24.3 Å². The van der Waals surface area contributed by atoms with E-state index in [2.05, 4.69) is 36.4 Å². The van der Waals surface area contributed by atoms with Crippen LogP contribution in [0.4, 0.5) is 17.6 Å². The van der Waals surface area contributed by atoms with Crippen LogP contribution in [-0.4, -0.2) is 9.13 Å². The van der Waals surface area contributed by atoms with E-state index in [-0.39, 0.29) is 33.1 Å². The predicted octanol–water partition coefficient (Wildman–Crippen LogP) is 7.72. The predicted molar refractivity (Wildman–Crippen MR) is 132 cm³/mol. The molecule has 2 aromatic heterocycles. The van der Waals surface area contributed by atoms with Crippen molar-refractivity contribution >= 4 is 0 Å². The number of hydrogen-bond donors (Lipinski definition) is 0. The second kappa shape index (κ2) is 16.2. The molecule has 0 saturated heterocycles. The Balaban J connectivity index is 0.000000187. The monoisotopic (exact) mass is 534 g/mol. The second-order valence-electron chi connectivity index (χ2n) is 7.16. The first-order chi connectivity index (χ1) is 17.6. The normalized spacial score (nSPS) is 12.0. The Labute approximate surface area is 229 Å². The molecule has 2 aliphatic rings. The van der Waals surface area contributed by atoms with E-state index in [0.717, 1.165) is 12.8 Å². The summed E-state index contributed by atoms with van der Waals surface area (Å²) in [4.78, 5) is 0. The van der Waals surface area contributed by atoms with E-state index < -0.39 is 23.3 Å². The van der Waals surface area contributed by atoms with Crippen molar-refractivity contribution in [3.8, 4) is 11.4 Å². The van der Waals surface area contributed by atoms with Gasteiger partial charge < -0.3 is 9.13 Å². The second-order valence-corrected chi connectivity index (χ2v) is 7.16. The van der Waals surface area contributed by atoms with Crippen molar-refractivity contribution in [3.63, 3.8) is 0 Å². The molecule has 0 atom stereocenters. The van der Waals surface area contributed by atoms with Gasteiger partial charge in [0.05, 0.1) is 0 Å². The van der Waals surface area contributed by atoms with E-state index in [4.69, 9.17) is 0 Å². The molecule has 7 heteroatoms. The maximum absolute atomic E-state index is 13.1. The van der Waals surface area contributed by atoms with E-state index in [1.165, 1.54) is 33.4 Å². The van der Waals surface area contributed by atoms with Crippen LogP contribution >= 0.6 is 0 Å². The van der Waals surface area contributed by atoms with Crippen molar-refractivity contribution in [2.45, 2.75) is 12.8 Å². The molecule has 0 aliphatic heterocycles. The molecule has 184 valence electrons. The minimum Gasteiger partial charge on any atom is -0.372 e. The molecule has 0 spiro atoms. The average molecular weight is 534 g/mol. The molecule has 2 heterocycles. The van der Waals surface area contributed by atoms with Gasteiger partial charge in [0.2, 0.25) is 0 Å². The fourth-order valence-corrected chi connectivity index (χ4v) is 3.00. The van der Waals surface area contributed by atoms with Crippen molar-refractivity contribution in [2.75, 3.05) is 0 Å². The third-order valence-corrected chi connectivity index (χ3v) is 4.64. The average Bonchev–Trinajstić information content (AvgIpc) is 3.68. The van der Waals surface area contributed by atoms with Crippen LogP contribution in [0.25, 0.3) is 11.4 Å². The van der Waals surface area contributed by atoms with Crippen molar-refractivity contribution in [2.24, 2.45) is 0 Å². The summed E-state index contributed by atoms with van der Waals surface area (Å²) in [5, 5.41) is 0. The van der Waals surface area contributed by atoms with Gasteiger partial charge in [0.25, 0.3) is 0 Å². The maximum atomic E-state index is 13.1. The Bertz CT molecular complexity index is 1160. The van der Waals surface area contributed by atoms with Crippen molar-refractivity contribution in [1.29, 1.82) is 0 Å². The Morgan fingerprint density at radius 1 is 0.595 bits per heavy atom. The Kier molecular flexibility index (Phi) is 13.0. The standard InChI is InChI=1S/2C10H6F2N.2C5H5.Ti/c2*11-8-4-3-5-9(12)10(8)13-6-1-2-7-13;2*1-2-4-5-3-1;/h2*1-4,6-7H;2*1-3H,4H2;/q4*-1;+4. The molecule has 0 amide bonds. The summed E-state index contributed by atoms with van der Waals surface area (Å²) in [6.07, 6.45) is 26.3. The molecule has 0 saturated carbocycles. The van der Waals surface area contributed by atoms with Crippen LogP contribution in [0.1, 0.15) is 12.8 Å². The molecular formula is C30H22F4N2Ti. The SMILES string of the molecule is Fc1[c-]ccc(F)c1-n1cccc1.Fc1[c-]ccc(F)c1-n1cccc1.[C-]1=CC=CC1.[C-]1=CC=CC1.[Ti+4]. The molecule has 4 aromatic rings. The van der Waals surface area contributed by atoms with E-state index in [9.17, 15) is 17.6 Å². The van der Waals surface area contributed by atoms with Gasteiger partial charge in [0, 0.05) is 34.6 Å². The van der Waals surface area contributed by atoms with Gasteiger partial charge in [-0.05, 0) is 49.1 Å². The van der Waals surface area contributed by atoms with Crippen LogP contribution in [0.3, 0.4) is 0 Å². The van der Waals surface area contributed by atoms with Gasteiger partial charge >= 0.3 is 21.7 Å². The minimum absolute atomic E-state index is 0. The van der Waals surface area contributed by atoms with E-state index in [1.54, 1.807) is 49.1 Å². The smallest absolute Gasteiger partial charge is 0.372 e. The van der Waals surface area contributed by atoms with Gasteiger partial charge in [0.15, 0.2) is 0 Å². The van der Waals surface area contributed by atoms with Crippen LogP contribution in [0, 0.1) is 47.6 Å². The maximum Gasteiger partial charge on any atom is 4.00 e. The number of halogens is 4. The third kappa shape index (κ3) is 9.41. The van der Waals surface area contributed by atoms with Gasteiger partial charge in [-0.1, -0.05) is 0 Å². The molecule has 0 N–H and O–H groups in total. The summed E-state index contributed by atoms with van der Waals surface area (Å²) in [5.41, 5.74) is -0.181. The van der Waals surface area contributed by atoms with Crippen LogP contribution in [0.15, 0.2) is 110 Å². The largest absolute Gasteiger partial charge is 4.00 e. The van der Waals surface area contributed by atoms with E-state index in [0.29, 0.717) is 0 Å². The Morgan fingerprint density at radius 3 is 1.22 bits per heavy atom. The molecule has 0 fully saturated rings. The van der Waals surface area contributed by atoms with Gasteiger partial charge in [-0.3, -0.25) is 12.2 Å². The zero-order chi connectivity index (χ0) is 25.6. The molecule has 2 aliphatic carbocycles. The van der Waals surface area contributed by atoms with Crippen LogP contribution in [-0.2, 0) is 21.7 Å². The first-order valence-corrected chi connectivity index (χ1v) is 11.0. The summed E-state index contributed by atoms with van der Waals surface area (Å²) in [6, 6.07) is 16.2. The van der Waals surface area contributed by atoms with E-state index in [1.807, 2.05) is 24.3 Å². The fraction of sp³-hybridized carbons (Fsp3) is 0.0667. The topological polar surface area (TPSA) is 9.86 Å². The zero-order valence-corrected chi connectivity index (χ0v) is 21.3. The van der Waals surface area contributed by atoms with Crippen LogP contribution < -0.4 is 0 Å². The molecule has 6 rings (SSSR count). The summed E-state index contributed by atoms with van der Waals surface area (Å²) in [7, 11) is 0. The van der Waals surface area contributed by atoms with Gasteiger partial charge in [0.1, 0.15) is 0 Å². The molecule has 37 heavy (non-hydrogen) atoms. The number of hydrogen-bond acceptors (Lipinski definition) is 0. The number of allylic oxidation sites excluding steroid dienone is 8. The number of nitrogens with zero attached hydrogens (tertiary/aromatic N) is 2. The Hall–Kier alpha value is -3.61. The van der Waals surface area contributed by atoms with Crippen molar-refractivity contribution < 1.29 is 39.3 Å². The molecule has 0 radical (unpaired) electrons. The first-order valence-electron chi connectivity index (χ1n) is 11.0. The number of rotatable bonds is 2. The summed E-state index contributed by atoms with van der Waals surface area (Å²) < 4.78 is 55.2. The summed E-state index contributed by atoms with van der Waals surface area (Å²) in [6.45, 7) is 0. The van der Waals surface area contributed by atoms with Crippen molar-refractivity contribution in [3.05, 3.63) is 157 Å². The molecule has 2 nitrogen and oxygen atoms in total. The minimum atomic E-state index is -0.684. The van der Waals surface area contributed by atoms with Gasteiger partial charge in [-0.15, -0.1) is 37.1 Å².